The largest absolute Gasteiger partial charge is 0.510 e. The first-order valence-electron chi connectivity index (χ1n) is 2.61. The van der Waals surface area contributed by atoms with E-state index in [1.54, 1.807) is 13.8 Å². The zero-order chi connectivity index (χ0) is 7.07. The summed E-state index contributed by atoms with van der Waals surface area (Å²) in [6, 6.07) is 0. The Labute approximate surface area is 61.4 Å². The Bertz CT molecular complexity index is 143. The molecule has 0 aromatic rings. The summed E-state index contributed by atoms with van der Waals surface area (Å²) in [4.78, 5) is 10.4. The van der Waals surface area contributed by atoms with Gasteiger partial charge in [-0.25, -0.2) is 4.79 Å². The average Bonchev–Trinajstić information content (AvgIpc) is 1.79. The lowest BCUT2D eigenvalue weighted by Gasteiger charge is -2.14. The van der Waals surface area contributed by atoms with Crippen molar-refractivity contribution in [3.05, 3.63) is 0 Å². The number of cyclic esters (lactones) is 2. The number of halogens is 1. The molecule has 0 radical (unpaired) electrons. The maximum atomic E-state index is 10.4. The van der Waals surface area contributed by atoms with Crippen molar-refractivity contribution in [2.45, 2.75) is 24.5 Å². The van der Waals surface area contributed by atoms with E-state index in [1.165, 1.54) is 0 Å². The molecule has 1 aliphatic rings. The summed E-state index contributed by atoms with van der Waals surface area (Å²) < 4.78 is 8.75. The molecule has 52 valence electrons. The Morgan fingerprint density at radius 2 is 2.33 bits per heavy atom. The first kappa shape index (κ1) is 6.86. The standard InChI is InChI=1S/C5H7BrO3/c1-3-5(2,6)9-4(7)8-3/h3H,1-2H3. The van der Waals surface area contributed by atoms with Gasteiger partial charge in [-0.1, -0.05) is 0 Å². The lowest BCUT2D eigenvalue weighted by Crippen LogP contribution is -2.26. The van der Waals surface area contributed by atoms with Gasteiger partial charge < -0.3 is 9.47 Å². The molecule has 1 heterocycles. The quantitative estimate of drug-likeness (QED) is 0.435. The number of hydrogen-bond donors (Lipinski definition) is 0. The van der Waals surface area contributed by atoms with Gasteiger partial charge in [-0.15, -0.1) is 0 Å². The predicted molar refractivity (Wildman–Crippen MR) is 34.4 cm³/mol. The molecular formula is C5H7BrO3. The number of carbonyl (C=O) groups is 1. The molecule has 2 atom stereocenters. The number of hydrogen-bond acceptors (Lipinski definition) is 3. The van der Waals surface area contributed by atoms with E-state index in [0.29, 0.717) is 0 Å². The molecule has 1 fully saturated rings. The molecule has 1 aliphatic heterocycles. The average molecular weight is 195 g/mol. The van der Waals surface area contributed by atoms with Crippen LogP contribution in [-0.4, -0.2) is 16.8 Å². The monoisotopic (exact) mass is 194 g/mol. The SMILES string of the molecule is CC1OC(=O)OC1(C)Br. The van der Waals surface area contributed by atoms with E-state index in [-0.39, 0.29) is 6.10 Å². The van der Waals surface area contributed by atoms with Crippen LogP contribution in [0.3, 0.4) is 0 Å². The van der Waals surface area contributed by atoms with Crippen LogP contribution < -0.4 is 0 Å². The molecule has 0 aromatic heterocycles. The fourth-order valence-electron chi connectivity index (χ4n) is 0.520. The minimum absolute atomic E-state index is 0.218. The van der Waals surface area contributed by atoms with E-state index in [9.17, 15) is 4.79 Å². The van der Waals surface area contributed by atoms with Crippen molar-refractivity contribution >= 4 is 22.1 Å². The van der Waals surface area contributed by atoms with Crippen LogP contribution in [0.1, 0.15) is 13.8 Å². The van der Waals surface area contributed by atoms with E-state index in [2.05, 4.69) is 20.7 Å². The van der Waals surface area contributed by atoms with Gasteiger partial charge in [-0.3, -0.25) is 0 Å². The summed E-state index contributed by atoms with van der Waals surface area (Å²) in [6.07, 6.45) is -0.827. The molecule has 2 unspecified atom stereocenters. The van der Waals surface area contributed by atoms with Crippen LogP contribution in [0.5, 0.6) is 0 Å². The minimum atomic E-state index is -0.635. The number of ether oxygens (including phenoxy) is 2. The van der Waals surface area contributed by atoms with Crippen molar-refractivity contribution in [1.82, 2.24) is 0 Å². The zero-order valence-electron chi connectivity index (χ0n) is 5.18. The second-order valence-electron chi connectivity index (χ2n) is 2.10. The molecule has 0 N–H and O–H groups in total. The fourth-order valence-corrected chi connectivity index (χ4v) is 0.745. The first-order valence-corrected chi connectivity index (χ1v) is 3.40. The van der Waals surface area contributed by atoms with E-state index >= 15 is 0 Å². The molecule has 0 saturated carbocycles. The fraction of sp³-hybridized carbons (Fsp3) is 0.800. The van der Waals surface area contributed by atoms with Crippen molar-refractivity contribution in [2.75, 3.05) is 0 Å². The third-order valence-corrected chi connectivity index (χ3v) is 2.09. The Balaban J connectivity index is 2.69. The third-order valence-electron chi connectivity index (χ3n) is 1.28. The summed E-state index contributed by atoms with van der Waals surface area (Å²) in [5, 5.41) is 0. The van der Waals surface area contributed by atoms with E-state index in [4.69, 9.17) is 4.74 Å². The van der Waals surface area contributed by atoms with Crippen LogP contribution in [0.2, 0.25) is 0 Å². The normalized spacial score (nSPS) is 42.1. The highest BCUT2D eigenvalue weighted by Crippen LogP contribution is 2.31. The molecule has 1 rings (SSSR count). The van der Waals surface area contributed by atoms with Gasteiger partial charge in [0.15, 0.2) is 6.10 Å². The van der Waals surface area contributed by atoms with Gasteiger partial charge in [0, 0.05) is 0 Å². The highest BCUT2D eigenvalue weighted by molar-refractivity contribution is 9.10. The summed E-state index contributed by atoms with van der Waals surface area (Å²) in [6.45, 7) is 3.50. The Morgan fingerprint density at radius 1 is 1.78 bits per heavy atom. The zero-order valence-corrected chi connectivity index (χ0v) is 6.77. The number of rotatable bonds is 0. The lowest BCUT2D eigenvalue weighted by atomic mass is 10.3. The van der Waals surface area contributed by atoms with Crippen LogP contribution in [0.15, 0.2) is 0 Å². The maximum absolute atomic E-state index is 10.4. The van der Waals surface area contributed by atoms with Crippen molar-refractivity contribution in [2.24, 2.45) is 0 Å². The summed E-state index contributed by atoms with van der Waals surface area (Å²) in [7, 11) is 0. The van der Waals surface area contributed by atoms with Gasteiger partial charge in [-0.05, 0) is 29.8 Å². The summed E-state index contributed by atoms with van der Waals surface area (Å²) in [5.74, 6) is 0. The molecule has 3 nitrogen and oxygen atoms in total. The van der Waals surface area contributed by atoms with Gasteiger partial charge >= 0.3 is 6.16 Å². The smallest absolute Gasteiger partial charge is 0.426 e. The van der Waals surface area contributed by atoms with Gasteiger partial charge in [0.1, 0.15) is 0 Å². The van der Waals surface area contributed by atoms with Crippen LogP contribution in [0, 0.1) is 0 Å². The van der Waals surface area contributed by atoms with Gasteiger partial charge in [0.2, 0.25) is 4.51 Å². The topological polar surface area (TPSA) is 35.5 Å². The predicted octanol–water partition coefficient (Wildman–Crippen LogP) is 1.65. The molecule has 1 saturated heterocycles. The van der Waals surface area contributed by atoms with Crippen molar-refractivity contribution in [3.8, 4) is 0 Å². The molecule has 0 spiro atoms. The summed E-state index contributed by atoms with van der Waals surface area (Å²) in [5.41, 5.74) is 0. The van der Waals surface area contributed by atoms with Crippen LogP contribution in [-0.2, 0) is 9.47 Å². The lowest BCUT2D eigenvalue weighted by molar-refractivity contribution is 0.115. The third kappa shape index (κ3) is 1.18. The van der Waals surface area contributed by atoms with E-state index in [0.717, 1.165) is 0 Å². The van der Waals surface area contributed by atoms with Crippen LogP contribution >= 0.6 is 15.9 Å². The number of alkyl halides is 1. The molecule has 4 heteroatoms. The molecular weight excluding hydrogens is 188 g/mol. The molecule has 0 amide bonds. The van der Waals surface area contributed by atoms with Gasteiger partial charge in [0.05, 0.1) is 0 Å². The molecule has 0 bridgehead atoms. The molecule has 0 aromatic carbocycles. The van der Waals surface area contributed by atoms with Gasteiger partial charge in [-0.2, -0.15) is 0 Å². The van der Waals surface area contributed by atoms with Gasteiger partial charge in [0.25, 0.3) is 0 Å². The highest BCUT2D eigenvalue weighted by Gasteiger charge is 2.42. The minimum Gasteiger partial charge on any atom is -0.426 e. The molecule has 0 aliphatic carbocycles. The summed E-state index contributed by atoms with van der Waals surface area (Å²) >= 11 is 3.18. The van der Waals surface area contributed by atoms with Crippen molar-refractivity contribution in [3.63, 3.8) is 0 Å². The second-order valence-corrected chi connectivity index (χ2v) is 3.67. The molecule has 9 heavy (non-hydrogen) atoms. The highest BCUT2D eigenvalue weighted by atomic mass is 79.9. The maximum Gasteiger partial charge on any atom is 0.510 e. The van der Waals surface area contributed by atoms with Crippen molar-refractivity contribution < 1.29 is 14.3 Å². The Morgan fingerprint density at radius 3 is 2.44 bits per heavy atom. The number of carbonyl (C=O) groups excluding carboxylic acids is 1. The van der Waals surface area contributed by atoms with Crippen LogP contribution in [0.25, 0.3) is 0 Å². The second kappa shape index (κ2) is 1.87. The van der Waals surface area contributed by atoms with E-state index in [1.807, 2.05) is 0 Å². The van der Waals surface area contributed by atoms with Crippen molar-refractivity contribution in [1.29, 1.82) is 0 Å². The first-order chi connectivity index (χ1) is 4.02. The van der Waals surface area contributed by atoms with Crippen LogP contribution in [0.4, 0.5) is 4.79 Å². The Hall–Kier alpha value is -0.250. The van der Waals surface area contributed by atoms with E-state index < -0.39 is 10.7 Å². The Kier molecular flexibility index (Phi) is 1.42.